The van der Waals surface area contributed by atoms with Crippen molar-refractivity contribution in [1.82, 2.24) is 0 Å². The molecule has 0 fully saturated rings. The highest BCUT2D eigenvalue weighted by Crippen LogP contribution is 1.85. The molecule has 0 rings (SSSR count). The molecule has 0 heterocycles. The van der Waals surface area contributed by atoms with Gasteiger partial charge in [0.1, 0.15) is 0 Å². The van der Waals surface area contributed by atoms with Gasteiger partial charge in [-0.1, -0.05) is 0 Å². The Kier molecular flexibility index (Phi) is 18.5. The predicted molar refractivity (Wildman–Crippen MR) is 65.3 cm³/mol. The Hall–Kier alpha value is 1.24. The molecule has 0 unspecified atom stereocenters. The van der Waals surface area contributed by atoms with Crippen LogP contribution in [0.4, 0.5) is 0 Å². The Bertz CT molecular complexity index is 133. The van der Waals surface area contributed by atoms with Crippen LogP contribution in [0, 0.1) is 0 Å². The first-order chi connectivity index (χ1) is 8.41. The molecule has 0 spiro atoms. The summed E-state index contributed by atoms with van der Waals surface area (Å²) in [6, 6.07) is 0.983. The summed E-state index contributed by atoms with van der Waals surface area (Å²) < 4.78 is 29.7. The summed E-state index contributed by atoms with van der Waals surface area (Å²) in [5, 5.41) is 0. The third kappa shape index (κ3) is 17.2. The van der Waals surface area contributed by atoms with E-state index in [1.807, 2.05) is 0 Å². The van der Waals surface area contributed by atoms with E-state index in [-0.39, 0.29) is 50.0 Å². The van der Waals surface area contributed by atoms with Crippen LogP contribution in [0.2, 0.25) is 6.04 Å². The third-order valence-corrected chi connectivity index (χ3v) is 5.44. The average Bonchev–Trinajstić information content (AvgIpc) is 2.35. The van der Waals surface area contributed by atoms with Crippen LogP contribution >= 0.6 is 0 Å². The molecule has 0 bridgehead atoms. The standard InChI is InChI=1S/C3H8NO6Si7/c4-2-1-3-12-6-14-8-16-10-17-9-15-7-13-5-11/h1-4H2. The smallest absolute Gasteiger partial charge is 0.412 e. The van der Waals surface area contributed by atoms with Gasteiger partial charge in [-0.15, -0.1) is 0 Å². The topological polar surface area (TPSA) is 81.4 Å². The van der Waals surface area contributed by atoms with Crippen LogP contribution < -0.4 is 5.73 Å². The van der Waals surface area contributed by atoms with Gasteiger partial charge in [0, 0.05) is 0 Å². The van der Waals surface area contributed by atoms with E-state index >= 15 is 0 Å². The lowest BCUT2D eigenvalue weighted by atomic mass is 10.5. The molecule has 0 aromatic rings. The van der Waals surface area contributed by atoms with E-state index in [0.717, 1.165) is 12.5 Å². The summed E-state index contributed by atoms with van der Waals surface area (Å²) >= 11 is 0. The van der Waals surface area contributed by atoms with E-state index in [9.17, 15) is 0 Å². The van der Waals surface area contributed by atoms with Crippen molar-refractivity contribution >= 4 is 70.3 Å². The molecular weight excluding hydrogens is 343 g/mol. The monoisotopic (exact) mass is 350 g/mol. The first kappa shape index (κ1) is 18.2. The van der Waals surface area contributed by atoms with Crippen molar-refractivity contribution in [3.8, 4) is 0 Å². The molecular formula is C3H8NO6Si7. The predicted octanol–water partition coefficient (Wildman–Crippen LogP) is -2.77. The molecule has 14 heteroatoms. The van der Waals surface area contributed by atoms with Crippen molar-refractivity contribution in [2.75, 3.05) is 6.54 Å². The average molecular weight is 351 g/mol. The second-order valence-electron chi connectivity index (χ2n) is 2.07. The quantitative estimate of drug-likeness (QED) is 0.268. The van der Waals surface area contributed by atoms with Crippen LogP contribution in [0.25, 0.3) is 0 Å². The Morgan fingerprint density at radius 3 is 1.88 bits per heavy atom. The summed E-state index contributed by atoms with van der Waals surface area (Å²) in [6.45, 7) is 0.701. The fourth-order valence-electron chi connectivity index (χ4n) is 0.427. The lowest BCUT2D eigenvalue weighted by Gasteiger charge is -2.02. The zero-order valence-corrected chi connectivity index (χ0v) is 15.6. The molecule has 0 amide bonds. The number of hydrogen-bond donors (Lipinski definition) is 1. The molecule has 0 saturated heterocycles. The van der Waals surface area contributed by atoms with Crippen LogP contribution in [0.5, 0.6) is 0 Å². The Morgan fingerprint density at radius 2 is 1.35 bits per heavy atom. The minimum atomic E-state index is -0.102. The normalized spacial score (nSPS) is 10.9. The van der Waals surface area contributed by atoms with Gasteiger partial charge in [-0.25, -0.2) is 0 Å². The van der Waals surface area contributed by atoms with Crippen molar-refractivity contribution < 1.29 is 24.7 Å². The molecule has 15 radical (unpaired) electrons. The fourth-order valence-corrected chi connectivity index (χ4v) is 4.67. The highest BCUT2D eigenvalue weighted by molar-refractivity contribution is 6.48. The van der Waals surface area contributed by atoms with Gasteiger partial charge in [0.15, 0.2) is 0 Å². The summed E-state index contributed by atoms with van der Waals surface area (Å²) in [4.78, 5) is 0. The van der Waals surface area contributed by atoms with E-state index in [4.69, 9.17) is 26.3 Å². The van der Waals surface area contributed by atoms with Gasteiger partial charge in [-0.3, -0.25) is 0 Å². The van der Waals surface area contributed by atoms with Gasteiger partial charge in [-0.05, 0) is 19.0 Å². The Balaban J connectivity index is 2.85. The van der Waals surface area contributed by atoms with Crippen LogP contribution in [0.3, 0.4) is 0 Å². The maximum Gasteiger partial charge on any atom is 0.412 e. The van der Waals surface area contributed by atoms with E-state index in [1.165, 1.54) is 0 Å². The lowest BCUT2D eigenvalue weighted by molar-refractivity contribution is 0.379. The number of hydrogen-bond acceptors (Lipinski definition) is 7. The second-order valence-corrected chi connectivity index (χ2v) is 8.59. The third-order valence-electron chi connectivity index (χ3n) is 0.972. The van der Waals surface area contributed by atoms with Crippen LogP contribution in [-0.2, 0) is 24.7 Å². The SMILES string of the molecule is NCCC[Si]O[Si]O[Si]O[Si]O[Si]O[Si]O[Si]. The molecule has 0 saturated carbocycles. The molecule has 0 atom stereocenters. The largest absolute Gasteiger partial charge is 0.435 e. The molecule has 0 aromatic carbocycles. The first-order valence-electron chi connectivity index (χ1n) is 4.21. The molecule has 0 aliphatic heterocycles. The maximum absolute atomic E-state index is 5.34. The molecule has 17 heavy (non-hydrogen) atoms. The maximum atomic E-state index is 5.34. The highest BCUT2D eigenvalue weighted by atomic mass is 28.4. The number of rotatable bonds is 14. The van der Waals surface area contributed by atoms with Gasteiger partial charge in [0.2, 0.25) is 20.2 Å². The van der Waals surface area contributed by atoms with Crippen molar-refractivity contribution in [1.29, 1.82) is 0 Å². The minimum Gasteiger partial charge on any atom is -0.435 e. The molecule has 0 aromatic heterocycles. The Labute approximate surface area is 120 Å². The van der Waals surface area contributed by atoms with Crippen molar-refractivity contribution in [3.63, 3.8) is 0 Å². The minimum absolute atomic E-state index is 0.00941. The van der Waals surface area contributed by atoms with E-state index in [2.05, 4.69) is 14.6 Å². The van der Waals surface area contributed by atoms with Crippen molar-refractivity contribution in [2.24, 2.45) is 5.73 Å². The zero-order valence-electron chi connectivity index (χ0n) is 8.65. The summed E-state index contributed by atoms with van der Waals surface area (Å²) in [7, 11) is 2.89. The molecule has 89 valence electrons. The Morgan fingerprint density at radius 1 is 0.824 bits per heavy atom. The fraction of sp³-hybridized carbons (Fsp3) is 1.00. The molecule has 2 N–H and O–H groups in total. The van der Waals surface area contributed by atoms with Crippen LogP contribution in [0.15, 0.2) is 0 Å². The van der Waals surface area contributed by atoms with E-state index < -0.39 is 0 Å². The lowest BCUT2D eigenvalue weighted by Crippen LogP contribution is -2.19. The van der Waals surface area contributed by atoms with Gasteiger partial charge < -0.3 is 30.4 Å². The van der Waals surface area contributed by atoms with Crippen LogP contribution in [-0.4, -0.2) is 76.8 Å². The summed E-state index contributed by atoms with van der Waals surface area (Å²) in [6.07, 6.45) is 0.983. The zero-order chi connectivity index (χ0) is 12.6. The van der Waals surface area contributed by atoms with E-state index in [1.54, 1.807) is 0 Å². The van der Waals surface area contributed by atoms with Crippen LogP contribution in [0.1, 0.15) is 6.42 Å². The summed E-state index contributed by atoms with van der Waals surface area (Å²) in [5.41, 5.74) is 5.34. The van der Waals surface area contributed by atoms with Gasteiger partial charge in [0.25, 0.3) is 0 Å². The van der Waals surface area contributed by atoms with Crippen molar-refractivity contribution in [3.05, 3.63) is 0 Å². The van der Waals surface area contributed by atoms with Gasteiger partial charge in [-0.2, -0.15) is 0 Å². The first-order valence-corrected chi connectivity index (χ1v) is 9.82. The second kappa shape index (κ2) is 17.2. The molecule has 7 nitrogen and oxygen atoms in total. The van der Waals surface area contributed by atoms with E-state index in [0.29, 0.717) is 16.3 Å². The van der Waals surface area contributed by atoms with Gasteiger partial charge in [0.05, 0.1) is 0 Å². The number of nitrogens with two attached hydrogens (primary N) is 1. The van der Waals surface area contributed by atoms with Gasteiger partial charge >= 0.3 is 50.0 Å². The highest BCUT2D eigenvalue weighted by Gasteiger charge is 2.01. The van der Waals surface area contributed by atoms with Crippen molar-refractivity contribution in [2.45, 2.75) is 12.5 Å². The molecule has 0 aliphatic rings. The summed E-state index contributed by atoms with van der Waals surface area (Å²) in [5.74, 6) is 0. The molecule has 0 aliphatic carbocycles.